The number of hydrogen-bond acceptors (Lipinski definition) is 4. The number of anilines is 2. The van der Waals surface area contributed by atoms with Crippen LogP contribution in [0.4, 0.5) is 11.4 Å². The zero-order valence-electron chi connectivity index (χ0n) is 7.26. The monoisotopic (exact) mass is 200 g/mol. The van der Waals surface area contributed by atoms with Crippen LogP contribution >= 0.6 is 24.4 Å². The Labute approximate surface area is 82.7 Å². The van der Waals surface area contributed by atoms with Crippen LogP contribution in [0.5, 0.6) is 0 Å². The fourth-order valence-electron chi connectivity index (χ4n) is 1.22. The molecule has 12 heavy (non-hydrogen) atoms. The molecule has 0 aromatic heterocycles. The van der Waals surface area contributed by atoms with Crippen molar-refractivity contribution >= 4 is 35.8 Å². The maximum absolute atomic E-state index is 5.70. The summed E-state index contributed by atoms with van der Waals surface area (Å²) < 4.78 is 1.40. The van der Waals surface area contributed by atoms with E-state index < -0.39 is 0 Å². The molecule has 1 rings (SSSR count). The van der Waals surface area contributed by atoms with Gasteiger partial charge in [-0.05, 0) is 6.42 Å². The summed E-state index contributed by atoms with van der Waals surface area (Å²) in [5.74, 6) is 0. The molecule has 0 aliphatic heterocycles. The second-order valence-corrected chi connectivity index (χ2v) is 3.66. The van der Waals surface area contributed by atoms with E-state index in [2.05, 4.69) is 11.8 Å². The molecule has 0 radical (unpaired) electrons. The maximum Gasteiger partial charge on any atom is 0.0834 e. The predicted molar refractivity (Wildman–Crippen MR) is 58.5 cm³/mol. The zero-order chi connectivity index (χ0) is 9.30. The van der Waals surface area contributed by atoms with E-state index in [0.29, 0.717) is 10.2 Å². The minimum Gasteiger partial charge on any atom is -0.396 e. The second kappa shape index (κ2) is 3.49. The van der Waals surface area contributed by atoms with Gasteiger partial charge in [0.2, 0.25) is 0 Å². The highest BCUT2D eigenvalue weighted by atomic mass is 32.1. The summed E-state index contributed by atoms with van der Waals surface area (Å²) in [5.41, 5.74) is 7.34. The molecule has 0 spiro atoms. The lowest BCUT2D eigenvalue weighted by molar-refractivity contribution is 0.849. The van der Waals surface area contributed by atoms with Crippen LogP contribution < -0.4 is 10.6 Å². The first-order chi connectivity index (χ1) is 5.59. The van der Waals surface area contributed by atoms with Gasteiger partial charge in [-0.2, -0.15) is 0 Å². The summed E-state index contributed by atoms with van der Waals surface area (Å²) >= 11 is 10.0. The van der Waals surface area contributed by atoms with Gasteiger partial charge in [0.15, 0.2) is 0 Å². The normalized spacial score (nSPS) is 10.5. The van der Waals surface area contributed by atoms with Crippen LogP contribution in [-0.4, -0.2) is 13.6 Å². The van der Waals surface area contributed by atoms with E-state index in [9.17, 15) is 0 Å². The van der Waals surface area contributed by atoms with Gasteiger partial charge < -0.3 is 10.6 Å². The van der Waals surface area contributed by atoms with Gasteiger partial charge >= 0.3 is 0 Å². The van der Waals surface area contributed by atoms with Crippen LogP contribution in [0.1, 0.15) is 13.3 Å². The first-order valence-corrected chi connectivity index (χ1v) is 4.71. The fraction of sp³-hybridized carbons (Fsp3) is 0.500. The topological polar surface area (TPSA) is 29.3 Å². The highest BCUT2D eigenvalue weighted by Crippen LogP contribution is 2.31. The van der Waals surface area contributed by atoms with Crippen molar-refractivity contribution in [1.82, 2.24) is 0 Å². The van der Waals surface area contributed by atoms with E-state index in [1.54, 1.807) is 0 Å². The largest absolute Gasteiger partial charge is 0.396 e. The smallest absolute Gasteiger partial charge is 0.0834 e. The highest BCUT2D eigenvalue weighted by Gasteiger charge is 2.14. The van der Waals surface area contributed by atoms with Crippen LogP contribution in [-0.2, 0) is 0 Å². The number of hydrogen-bond donors (Lipinski definition) is 1. The standard InChI is InChI=1S/C8H12N2S2/c1-3-4-10(2)6-5(9)7(11)8(6)12/h3-4,9H2,1-2H3. The van der Waals surface area contributed by atoms with E-state index in [4.69, 9.17) is 30.2 Å². The number of nitrogen functional groups attached to an aromatic ring is 1. The molecule has 0 unspecified atom stereocenters. The van der Waals surface area contributed by atoms with Gasteiger partial charge in [-0.15, -0.1) is 0 Å². The minimum atomic E-state index is 0.656. The molecule has 2 N–H and O–H groups in total. The second-order valence-electron chi connectivity index (χ2n) is 2.84. The van der Waals surface area contributed by atoms with Gasteiger partial charge in [-0.3, -0.25) is 0 Å². The minimum absolute atomic E-state index is 0.656. The van der Waals surface area contributed by atoms with Gasteiger partial charge in [0, 0.05) is 13.6 Å². The Balaban J connectivity index is 2.91. The Morgan fingerprint density at radius 3 is 2.33 bits per heavy atom. The molecular formula is C8H12N2S2. The number of rotatable bonds is 3. The molecule has 0 fully saturated rings. The molecule has 0 heterocycles. The first-order valence-electron chi connectivity index (χ1n) is 3.89. The molecule has 0 aliphatic carbocycles. The van der Waals surface area contributed by atoms with Crippen molar-refractivity contribution in [2.75, 3.05) is 24.2 Å². The van der Waals surface area contributed by atoms with Crippen molar-refractivity contribution in [2.45, 2.75) is 13.3 Å². The molecule has 0 bridgehead atoms. The van der Waals surface area contributed by atoms with Crippen LogP contribution in [0.2, 0.25) is 0 Å². The molecule has 0 saturated carbocycles. The summed E-state index contributed by atoms with van der Waals surface area (Å²) in [4.78, 5) is 2.06. The van der Waals surface area contributed by atoms with Crippen molar-refractivity contribution in [3.63, 3.8) is 0 Å². The lowest BCUT2D eigenvalue weighted by Gasteiger charge is -2.22. The average Bonchev–Trinajstić information content (AvgIpc) is 2.05. The molecule has 0 aliphatic rings. The molecule has 1 aromatic rings. The summed E-state index contributed by atoms with van der Waals surface area (Å²) in [5, 5.41) is 0. The summed E-state index contributed by atoms with van der Waals surface area (Å²) in [7, 11) is 1.99. The third kappa shape index (κ3) is 1.36. The van der Waals surface area contributed by atoms with Crippen molar-refractivity contribution in [3.8, 4) is 0 Å². The molecule has 0 saturated heterocycles. The van der Waals surface area contributed by atoms with Gasteiger partial charge in [0.25, 0.3) is 0 Å². The van der Waals surface area contributed by atoms with E-state index in [1.807, 2.05) is 7.05 Å². The van der Waals surface area contributed by atoms with E-state index in [1.165, 1.54) is 0 Å². The quantitative estimate of drug-likeness (QED) is 0.759. The maximum atomic E-state index is 5.70. The molecule has 2 nitrogen and oxygen atoms in total. The molecule has 66 valence electrons. The molecular weight excluding hydrogens is 188 g/mol. The van der Waals surface area contributed by atoms with Gasteiger partial charge in [-0.25, -0.2) is 0 Å². The Hall–Kier alpha value is -0.480. The Morgan fingerprint density at radius 2 is 1.92 bits per heavy atom. The Kier molecular flexibility index (Phi) is 2.80. The van der Waals surface area contributed by atoms with Crippen molar-refractivity contribution in [1.29, 1.82) is 0 Å². The lowest BCUT2D eigenvalue weighted by Crippen LogP contribution is -2.21. The highest BCUT2D eigenvalue weighted by molar-refractivity contribution is 7.74. The lowest BCUT2D eigenvalue weighted by atomic mass is 10.2. The van der Waals surface area contributed by atoms with Crippen LogP contribution in [0.25, 0.3) is 0 Å². The van der Waals surface area contributed by atoms with E-state index in [-0.39, 0.29) is 0 Å². The Morgan fingerprint density at radius 1 is 1.33 bits per heavy atom. The van der Waals surface area contributed by atoms with Crippen molar-refractivity contribution in [2.24, 2.45) is 0 Å². The van der Waals surface area contributed by atoms with Gasteiger partial charge in [-0.1, -0.05) is 31.4 Å². The third-order valence-electron chi connectivity index (χ3n) is 1.86. The van der Waals surface area contributed by atoms with Crippen LogP contribution in [0, 0.1) is 9.02 Å². The van der Waals surface area contributed by atoms with Gasteiger partial charge in [0.1, 0.15) is 0 Å². The van der Waals surface area contributed by atoms with Crippen LogP contribution in [0.15, 0.2) is 0 Å². The van der Waals surface area contributed by atoms with E-state index >= 15 is 0 Å². The first kappa shape index (κ1) is 9.61. The number of nitrogens with two attached hydrogens (primary N) is 1. The third-order valence-corrected chi connectivity index (χ3v) is 2.81. The molecule has 4 heteroatoms. The summed E-state index contributed by atoms with van der Waals surface area (Å²) in [6, 6.07) is 0. The average molecular weight is 200 g/mol. The summed E-state index contributed by atoms with van der Waals surface area (Å²) in [6.07, 6.45) is 1.09. The summed E-state index contributed by atoms with van der Waals surface area (Å²) in [6.45, 7) is 3.09. The van der Waals surface area contributed by atoms with Gasteiger partial charge in [0.05, 0.1) is 20.4 Å². The zero-order valence-corrected chi connectivity index (χ0v) is 8.89. The van der Waals surface area contributed by atoms with Crippen LogP contribution in [0.3, 0.4) is 0 Å². The molecule has 0 atom stereocenters. The van der Waals surface area contributed by atoms with E-state index in [0.717, 1.165) is 23.2 Å². The molecule has 1 aromatic carbocycles. The Bertz CT molecular complexity index is 350. The van der Waals surface area contributed by atoms with Crippen molar-refractivity contribution in [3.05, 3.63) is 9.02 Å². The predicted octanol–water partition coefficient (Wildman–Crippen LogP) is 2.45. The number of nitrogens with zero attached hydrogens (tertiary/aromatic N) is 1. The van der Waals surface area contributed by atoms with Crippen molar-refractivity contribution < 1.29 is 0 Å². The fourth-order valence-corrected chi connectivity index (χ4v) is 1.79. The SMILES string of the molecule is CCCN(C)c1c(N)c(=S)c1=S. The molecule has 0 amide bonds.